The first kappa shape index (κ1) is 26.5. The second-order valence-electron chi connectivity index (χ2n) is 11.2. The minimum atomic E-state index is -2.82. The molecule has 0 spiro atoms. The lowest BCUT2D eigenvalue weighted by molar-refractivity contribution is -0.181. The summed E-state index contributed by atoms with van der Waals surface area (Å²) in [6.07, 6.45) is -0.257. The van der Waals surface area contributed by atoms with Crippen molar-refractivity contribution in [2.45, 2.75) is 43.4 Å². The number of nitrogens with two attached hydrogens (primary N) is 1. The van der Waals surface area contributed by atoms with Gasteiger partial charge < -0.3 is 15.9 Å². The average molecular weight is 534 g/mol. The lowest BCUT2D eigenvalue weighted by Crippen LogP contribution is -2.74. The Balaban J connectivity index is 1.57. The number of nitrogens with zero attached hydrogens (tertiary/aromatic N) is 2. The number of benzene rings is 1. The van der Waals surface area contributed by atoms with Gasteiger partial charge in [0.15, 0.2) is 34.7 Å². The molecule has 12 heteroatoms. The van der Waals surface area contributed by atoms with Crippen LogP contribution >= 0.6 is 0 Å². The number of aliphatic hydroxyl groups is 1. The first-order chi connectivity index (χ1) is 17.7. The molecule has 3 fully saturated rings. The molecule has 1 saturated heterocycles. The Kier molecular flexibility index (Phi) is 6.08. The van der Waals surface area contributed by atoms with Crippen LogP contribution in [0.25, 0.3) is 0 Å². The zero-order chi connectivity index (χ0) is 27.9. The van der Waals surface area contributed by atoms with E-state index in [0.29, 0.717) is 11.1 Å². The van der Waals surface area contributed by atoms with Gasteiger partial charge in [-0.1, -0.05) is 6.07 Å². The highest BCUT2D eigenvalue weighted by Gasteiger charge is 2.69. The molecule has 0 radical (unpaired) electrons. The van der Waals surface area contributed by atoms with Crippen molar-refractivity contribution in [2.24, 2.45) is 29.4 Å². The Morgan fingerprint density at radius 1 is 1.18 bits per heavy atom. The highest BCUT2D eigenvalue weighted by Crippen LogP contribution is 2.51. The Morgan fingerprint density at radius 2 is 1.87 bits per heavy atom. The molecule has 5 rings (SSSR count). The molecule has 2 saturated carbocycles. The van der Waals surface area contributed by atoms with Crippen LogP contribution < -0.4 is 5.73 Å². The van der Waals surface area contributed by atoms with E-state index in [-0.39, 0.29) is 37.9 Å². The van der Waals surface area contributed by atoms with Crippen molar-refractivity contribution in [2.75, 3.05) is 27.2 Å². The molecule has 204 valence electrons. The van der Waals surface area contributed by atoms with Gasteiger partial charge >= 0.3 is 0 Å². The molecule has 38 heavy (non-hydrogen) atoms. The van der Waals surface area contributed by atoms with Crippen LogP contribution in [-0.2, 0) is 32.1 Å². The van der Waals surface area contributed by atoms with E-state index in [1.54, 1.807) is 11.0 Å². The molecule has 4 aliphatic rings. The summed E-state index contributed by atoms with van der Waals surface area (Å²) in [4.78, 5) is 68.9. The normalized spacial score (nSPS) is 34.7. The van der Waals surface area contributed by atoms with Crippen LogP contribution in [0.5, 0.6) is 5.75 Å². The number of Topliss-reactive ketones (excluding diaryl/α,β-unsaturated/α-hetero) is 4. The number of fused-ring (bicyclic) bond motifs is 3. The number of carbonyl (C=O) groups excluding carboxylic acids is 5. The van der Waals surface area contributed by atoms with E-state index in [1.165, 1.54) is 25.1 Å². The van der Waals surface area contributed by atoms with Gasteiger partial charge in [0.05, 0.1) is 24.1 Å². The van der Waals surface area contributed by atoms with Gasteiger partial charge in [-0.15, -0.1) is 0 Å². The van der Waals surface area contributed by atoms with E-state index in [9.17, 15) is 43.0 Å². The van der Waals surface area contributed by atoms with Gasteiger partial charge in [-0.25, -0.2) is 8.78 Å². The maximum absolute atomic E-state index is 13.8. The molecule has 1 aromatic rings. The molecule has 1 aromatic carbocycles. The van der Waals surface area contributed by atoms with Crippen LogP contribution in [0, 0.1) is 23.7 Å². The molecule has 1 amide bonds. The summed E-state index contributed by atoms with van der Waals surface area (Å²) in [6.45, 7) is -0.167. The van der Waals surface area contributed by atoms with Crippen LogP contribution in [0.4, 0.5) is 8.78 Å². The van der Waals surface area contributed by atoms with Crippen molar-refractivity contribution in [3.63, 3.8) is 0 Å². The SMILES string of the molecule is CN(C)[C@@H]1C(=O)C(C(N)=O)C(=O)[C@@]2(O)C(=O)C3C(=O)c4c(O)ccc(CN5CCC(F)(F)C5)c4C[C@H]3C[C@@H]12. The second kappa shape index (κ2) is 8.72. The van der Waals surface area contributed by atoms with Crippen molar-refractivity contribution in [3.05, 3.63) is 28.8 Å². The van der Waals surface area contributed by atoms with Crippen molar-refractivity contribution < 1.29 is 43.0 Å². The van der Waals surface area contributed by atoms with E-state index in [1.807, 2.05) is 0 Å². The highest BCUT2D eigenvalue weighted by atomic mass is 19.3. The number of rotatable bonds is 4. The number of ketones is 4. The number of aromatic hydroxyl groups is 1. The predicted molar refractivity (Wildman–Crippen MR) is 126 cm³/mol. The van der Waals surface area contributed by atoms with Crippen LogP contribution in [0.15, 0.2) is 12.1 Å². The first-order valence-corrected chi connectivity index (χ1v) is 12.5. The molecule has 4 N–H and O–H groups in total. The summed E-state index contributed by atoms with van der Waals surface area (Å²) in [7, 11) is 3.02. The molecular weight excluding hydrogens is 504 g/mol. The van der Waals surface area contributed by atoms with E-state index in [0.717, 1.165) is 0 Å². The van der Waals surface area contributed by atoms with E-state index < -0.39 is 82.6 Å². The summed E-state index contributed by atoms with van der Waals surface area (Å²) in [5, 5.41) is 22.2. The Labute approximate surface area is 216 Å². The number of phenolic OH excluding ortho intramolecular Hbond substituents is 1. The van der Waals surface area contributed by atoms with Crippen molar-refractivity contribution in [1.29, 1.82) is 0 Å². The van der Waals surface area contributed by atoms with Crippen molar-refractivity contribution >= 4 is 29.0 Å². The maximum Gasteiger partial charge on any atom is 0.261 e. The summed E-state index contributed by atoms with van der Waals surface area (Å²) in [6, 6.07) is 1.64. The van der Waals surface area contributed by atoms with Crippen LogP contribution in [0.1, 0.15) is 34.3 Å². The fraction of sp³-hybridized carbons (Fsp3) is 0.577. The number of halogens is 2. The zero-order valence-electron chi connectivity index (χ0n) is 20.9. The lowest BCUT2D eigenvalue weighted by atomic mass is 9.52. The van der Waals surface area contributed by atoms with Gasteiger partial charge in [0, 0.05) is 25.4 Å². The Hall–Kier alpha value is -3.09. The standard InChI is InChI=1S/C26H29F2N3O7/c1-30(2)19-14-8-12-7-13-11(9-31-6-5-25(27,28)10-31)3-4-15(32)17(13)20(33)16(12)22(35)26(14,38)23(36)18(21(19)34)24(29)37/h3-4,12,14,16,18-19,32,38H,5-10H2,1-2H3,(H2,29,37)/t12-,14-,16?,18?,19-,26-/m0/s1. The van der Waals surface area contributed by atoms with E-state index in [4.69, 9.17) is 5.73 Å². The number of amides is 1. The Bertz CT molecular complexity index is 1280. The van der Waals surface area contributed by atoms with E-state index in [2.05, 4.69) is 0 Å². The van der Waals surface area contributed by atoms with Crippen LogP contribution in [0.3, 0.4) is 0 Å². The third-order valence-corrected chi connectivity index (χ3v) is 8.68. The molecule has 0 aromatic heterocycles. The number of hydrogen-bond acceptors (Lipinski definition) is 9. The third-order valence-electron chi connectivity index (χ3n) is 8.68. The summed E-state index contributed by atoms with van der Waals surface area (Å²) < 4.78 is 27.6. The fourth-order valence-corrected chi connectivity index (χ4v) is 7.00. The van der Waals surface area contributed by atoms with Crippen LogP contribution in [-0.4, -0.2) is 93.8 Å². The molecular formula is C26H29F2N3O7. The van der Waals surface area contributed by atoms with Crippen LogP contribution in [0.2, 0.25) is 0 Å². The smallest absolute Gasteiger partial charge is 0.261 e. The van der Waals surface area contributed by atoms with Crippen molar-refractivity contribution in [1.82, 2.24) is 9.80 Å². The Morgan fingerprint density at radius 3 is 2.45 bits per heavy atom. The van der Waals surface area contributed by atoms with Crippen molar-refractivity contribution in [3.8, 4) is 5.75 Å². The lowest BCUT2D eigenvalue weighted by Gasteiger charge is -2.52. The van der Waals surface area contributed by atoms with Gasteiger partial charge in [-0.2, -0.15) is 0 Å². The van der Waals surface area contributed by atoms with Gasteiger partial charge in [0.1, 0.15) is 5.75 Å². The molecule has 3 aliphatic carbocycles. The molecule has 10 nitrogen and oxygen atoms in total. The minimum absolute atomic E-state index is 0.0687. The minimum Gasteiger partial charge on any atom is -0.507 e. The number of likely N-dealkylation sites (tertiary alicyclic amines) is 1. The molecule has 1 heterocycles. The van der Waals surface area contributed by atoms with Gasteiger partial charge in [0.25, 0.3) is 5.92 Å². The average Bonchev–Trinajstić information content (AvgIpc) is 3.15. The second-order valence-corrected chi connectivity index (χ2v) is 11.2. The quantitative estimate of drug-likeness (QED) is 0.442. The molecule has 1 aliphatic heterocycles. The maximum atomic E-state index is 13.8. The van der Waals surface area contributed by atoms with Gasteiger partial charge in [-0.05, 0) is 50.0 Å². The predicted octanol–water partition coefficient (Wildman–Crippen LogP) is -0.292. The summed E-state index contributed by atoms with van der Waals surface area (Å²) in [5.74, 6) is -14.0. The van der Waals surface area contributed by atoms with Gasteiger partial charge in [-0.3, -0.25) is 33.8 Å². The monoisotopic (exact) mass is 533 g/mol. The summed E-state index contributed by atoms with van der Waals surface area (Å²) in [5.41, 5.74) is 3.37. The molecule has 6 atom stereocenters. The number of likely N-dealkylation sites (N-methyl/N-ethyl adjacent to an activating group) is 1. The fourth-order valence-electron chi connectivity index (χ4n) is 7.00. The summed E-state index contributed by atoms with van der Waals surface area (Å²) >= 11 is 0. The van der Waals surface area contributed by atoms with E-state index >= 15 is 0 Å². The topological polar surface area (TPSA) is 158 Å². The third kappa shape index (κ3) is 3.72. The number of phenols is 1. The number of primary amides is 1. The van der Waals surface area contributed by atoms with Gasteiger partial charge in [0.2, 0.25) is 5.91 Å². The largest absolute Gasteiger partial charge is 0.507 e. The zero-order valence-corrected chi connectivity index (χ0v) is 20.9. The number of alkyl halides is 2. The number of hydrogen-bond donors (Lipinski definition) is 3. The highest BCUT2D eigenvalue weighted by molar-refractivity contribution is 6.32. The first-order valence-electron chi connectivity index (χ1n) is 12.5. The number of carbonyl (C=O) groups is 5. The molecule has 2 unspecified atom stereocenters. The molecule has 0 bridgehead atoms.